The van der Waals surface area contributed by atoms with Gasteiger partial charge in [0.05, 0.1) is 6.61 Å². The van der Waals surface area contributed by atoms with Crippen LogP contribution in [-0.4, -0.2) is 12.4 Å². The number of aryl methyl sites for hydroxylation is 1. The highest BCUT2D eigenvalue weighted by Gasteiger charge is 1.98. The molecule has 0 saturated heterocycles. The van der Waals surface area contributed by atoms with Crippen LogP contribution in [0.25, 0.3) is 0 Å². The Morgan fingerprint density at radius 2 is 1.57 bits per heavy atom. The maximum atomic E-state index is 10.9. The van der Waals surface area contributed by atoms with Gasteiger partial charge in [0.1, 0.15) is 11.5 Å². The van der Waals surface area contributed by atoms with Gasteiger partial charge in [-0.1, -0.05) is 57.6 Å². The van der Waals surface area contributed by atoms with Gasteiger partial charge in [0.2, 0.25) is 0 Å². The van der Waals surface area contributed by atoms with E-state index in [-0.39, 0.29) is 5.78 Å². The van der Waals surface area contributed by atoms with E-state index < -0.39 is 0 Å². The van der Waals surface area contributed by atoms with Crippen molar-refractivity contribution >= 4 is 5.78 Å². The molecule has 2 heteroatoms. The minimum atomic E-state index is 0.245. The summed E-state index contributed by atoms with van der Waals surface area (Å²) in [6, 6.07) is 8.14. The molecule has 118 valence electrons. The maximum absolute atomic E-state index is 10.9. The highest BCUT2D eigenvalue weighted by Crippen LogP contribution is 2.14. The Hall–Kier alpha value is -1.31. The molecule has 0 spiro atoms. The second-order valence-corrected chi connectivity index (χ2v) is 5.82. The van der Waals surface area contributed by atoms with E-state index in [0.717, 1.165) is 25.2 Å². The molecule has 0 radical (unpaired) electrons. The Balaban J connectivity index is 2.08. The number of Topliss-reactive ketones (excluding diaryl/α,β-unsaturated/α-hetero) is 1. The first-order valence-electron chi connectivity index (χ1n) is 8.43. The highest BCUT2D eigenvalue weighted by atomic mass is 16.5. The fraction of sp³-hybridized carbons (Fsp3) is 0.632. The van der Waals surface area contributed by atoms with Crippen molar-refractivity contribution in [2.45, 2.75) is 71.6 Å². The molecule has 0 saturated carbocycles. The predicted molar refractivity (Wildman–Crippen MR) is 88.9 cm³/mol. The van der Waals surface area contributed by atoms with Gasteiger partial charge in [-0.15, -0.1) is 0 Å². The third-order valence-electron chi connectivity index (χ3n) is 3.71. The van der Waals surface area contributed by atoms with Crippen LogP contribution in [-0.2, 0) is 11.2 Å². The van der Waals surface area contributed by atoms with E-state index in [0.29, 0.717) is 6.42 Å². The van der Waals surface area contributed by atoms with Crippen LogP contribution in [0.2, 0.25) is 0 Å². The number of benzene rings is 1. The van der Waals surface area contributed by atoms with Crippen molar-refractivity contribution < 1.29 is 9.53 Å². The normalized spacial score (nSPS) is 10.6. The number of carbonyl (C=O) groups excluding carboxylic acids is 1. The van der Waals surface area contributed by atoms with Gasteiger partial charge < -0.3 is 9.53 Å². The number of ketones is 1. The third kappa shape index (κ3) is 9.28. The molecule has 0 unspecified atom stereocenters. The van der Waals surface area contributed by atoms with E-state index >= 15 is 0 Å². The van der Waals surface area contributed by atoms with Crippen LogP contribution in [0.1, 0.15) is 70.8 Å². The number of hydrogen-bond acceptors (Lipinski definition) is 2. The molecule has 21 heavy (non-hydrogen) atoms. The molecular formula is C19H30O2. The molecule has 0 aliphatic rings. The molecule has 0 heterocycles. The van der Waals surface area contributed by atoms with Gasteiger partial charge in [0.15, 0.2) is 0 Å². The second kappa shape index (κ2) is 11.4. The van der Waals surface area contributed by atoms with Gasteiger partial charge >= 0.3 is 0 Å². The number of carbonyl (C=O) groups is 1. The van der Waals surface area contributed by atoms with Gasteiger partial charge in [-0.25, -0.2) is 0 Å². The number of rotatable bonds is 12. The smallest absolute Gasteiger partial charge is 0.130 e. The Morgan fingerprint density at radius 3 is 2.19 bits per heavy atom. The average Bonchev–Trinajstić information content (AvgIpc) is 2.49. The van der Waals surface area contributed by atoms with E-state index in [4.69, 9.17) is 4.74 Å². The lowest BCUT2D eigenvalue weighted by atomic mass is 10.1. The lowest BCUT2D eigenvalue weighted by Crippen LogP contribution is -1.98. The Morgan fingerprint density at radius 1 is 0.952 bits per heavy atom. The van der Waals surface area contributed by atoms with E-state index in [2.05, 4.69) is 19.1 Å². The quantitative estimate of drug-likeness (QED) is 0.486. The van der Waals surface area contributed by atoms with E-state index in [1.54, 1.807) is 6.92 Å². The lowest BCUT2D eigenvalue weighted by molar-refractivity contribution is -0.116. The Labute approximate surface area is 129 Å². The van der Waals surface area contributed by atoms with Crippen molar-refractivity contribution in [2.24, 2.45) is 0 Å². The fourth-order valence-electron chi connectivity index (χ4n) is 2.32. The first-order chi connectivity index (χ1) is 10.2. The minimum Gasteiger partial charge on any atom is -0.494 e. The zero-order valence-electron chi connectivity index (χ0n) is 13.7. The topological polar surface area (TPSA) is 26.3 Å². The molecule has 0 aliphatic carbocycles. The van der Waals surface area contributed by atoms with Crippen molar-refractivity contribution in [1.82, 2.24) is 0 Å². The molecule has 0 N–H and O–H groups in total. The van der Waals surface area contributed by atoms with Crippen molar-refractivity contribution in [2.75, 3.05) is 6.61 Å². The summed E-state index contributed by atoms with van der Waals surface area (Å²) in [6.07, 6.45) is 10.6. The monoisotopic (exact) mass is 290 g/mol. The fourth-order valence-corrected chi connectivity index (χ4v) is 2.32. The number of hydrogen-bond donors (Lipinski definition) is 0. The Bertz CT molecular complexity index is 381. The van der Waals surface area contributed by atoms with Crippen LogP contribution in [0, 0.1) is 0 Å². The van der Waals surface area contributed by atoms with Crippen LogP contribution in [0.15, 0.2) is 24.3 Å². The van der Waals surface area contributed by atoms with E-state index in [9.17, 15) is 4.79 Å². The molecule has 0 aliphatic heterocycles. The summed E-state index contributed by atoms with van der Waals surface area (Å²) >= 11 is 0. The highest BCUT2D eigenvalue weighted by molar-refractivity contribution is 5.75. The van der Waals surface area contributed by atoms with Crippen molar-refractivity contribution in [1.29, 1.82) is 0 Å². The van der Waals surface area contributed by atoms with Gasteiger partial charge in [0.25, 0.3) is 0 Å². The summed E-state index contributed by atoms with van der Waals surface area (Å²) in [5.74, 6) is 1.18. The number of unbranched alkanes of at least 4 members (excludes halogenated alkanes) is 6. The van der Waals surface area contributed by atoms with E-state index in [1.165, 1.54) is 44.1 Å². The molecular weight excluding hydrogens is 260 g/mol. The van der Waals surface area contributed by atoms with Crippen molar-refractivity contribution in [3.8, 4) is 5.75 Å². The van der Waals surface area contributed by atoms with E-state index in [1.807, 2.05) is 12.1 Å². The molecule has 1 rings (SSSR count). The van der Waals surface area contributed by atoms with Crippen LogP contribution < -0.4 is 4.74 Å². The van der Waals surface area contributed by atoms with Crippen LogP contribution in [0.3, 0.4) is 0 Å². The summed E-state index contributed by atoms with van der Waals surface area (Å²) < 4.78 is 5.75. The first kappa shape index (κ1) is 17.7. The first-order valence-corrected chi connectivity index (χ1v) is 8.43. The van der Waals surface area contributed by atoms with Gasteiger partial charge in [0, 0.05) is 6.42 Å². The largest absolute Gasteiger partial charge is 0.494 e. The summed E-state index contributed by atoms with van der Waals surface area (Å²) in [6.45, 7) is 4.69. The Kier molecular flexibility index (Phi) is 9.60. The van der Waals surface area contributed by atoms with Gasteiger partial charge in [-0.3, -0.25) is 0 Å². The zero-order chi connectivity index (χ0) is 15.3. The summed E-state index contributed by atoms with van der Waals surface area (Å²) in [5, 5.41) is 0. The minimum absolute atomic E-state index is 0.245. The molecule has 0 aromatic heterocycles. The summed E-state index contributed by atoms with van der Waals surface area (Å²) in [7, 11) is 0. The average molecular weight is 290 g/mol. The van der Waals surface area contributed by atoms with Crippen LogP contribution in [0.4, 0.5) is 0 Å². The SMILES string of the molecule is CCCCCCCCCOc1ccc(CCC(C)=O)cc1. The van der Waals surface area contributed by atoms with Crippen LogP contribution >= 0.6 is 0 Å². The standard InChI is InChI=1S/C19H30O2/c1-3-4-5-6-7-8-9-16-21-19-14-12-18(13-15-19)11-10-17(2)20/h12-15H,3-11,16H2,1-2H3. The lowest BCUT2D eigenvalue weighted by Gasteiger charge is -2.07. The predicted octanol–water partition coefficient (Wildman–Crippen LogP) is 5.34. The maximum Gasteiger partial charge on any atom is 0.130 e. The molecule has 0 atom stereocenters. The van der Waals surface area contributed by atoms with Gasteiger partial charge in [-0.2, -0.15) is 0 Å². The van der Waals surface area contributed by atoms with Crippen molar-refractivity contribution in [3.63, 3.8) is 0 Å². The molecule has 1 aromatic carbocycles. The molecule has 2 nitrogen and oxygen atoms in total. The second-order valence-electron chi connectivity index (χ2n) is 5.82. The van der Waals surface area contributed by atoms with Crippen LogP contribution in [0.5, 0.6) is 5.75 Å². The van der Waals surface area contributed by atoms with Gasteiger partial charge in [-0.05, 0) is 37.5 Å². The summed E-state index contributed by atoms with van der Waals surface area (Å²) in [5.41, 5.74) is 1.20. The third-order valence-corrected chi connectivity index (χ3v) is 3.71. The number of ether oxygens (including phenoxy) is 1. The molecule has 0 amide bonds. The molecule has 1 aromatic rings. The zero-order valence-corrected chi connectivity index (χ0v) is 13.7. The molecule has 0 fully saturated rings. The molecule has 0 bridgehead atoms. The van der Waals surface area contributed by atoms with Crippen molar-refractivity contribution in [3.05, 3.63) is 29.8 Å². The summed E-state index contributed by atoms with van der Waals surface area (Å²) in [4.78, 5) is 10.9.